The first-order chi connectivity index (χ1) is 13.7. The minimum atomic E-state index is -0.0515. The van der Waals surface area contributed by atoms with E-state index < -0.39 is 0 Å². The molecule has 0 atom stereocenters. The Balaban J connectivity index is 1.45. The number of rotatable bonds is 5. The van der Waals surface area contributed by atoms with Gasteiger partial charge in [-0.1, -0.05) is 18.2 Å². The molecule has 5 heteroatoms. The maximum absolute atomic E-state index is 12.9. The molecule has 0 fully saturated rings. The summed E-state index contributed by atoms with van der Waals surface area (Å²) in [6.45, 7) is 0.704. The molecule has 0 bridgehead atoms. The number of aryl methyl sites for hydroxylation is 2. The number of carbonyl (C=O) groups excluding carboxylic acids is 2. The number of benzene rings is 2. The molecule has 2 aromatic carbocycles. The summed E-state index contributed by atoms with van der Waals surface area (Å²) in [5.74, 6) is 0.761. The molecule has 0 saturated heterocycles. The first kappa shape index (κ1) is 18.0. The summed E-state index contributed by atoms with van der Waals surface area (Å²) in [5.41, 5.74) is 3.45. The lowest BCUT2D eigenvalue weighted by atomic mass is 10.00. The second-order valence-electron chi connectivity index (χ2n) is 6.90. The van der Waals surface area contributed by atoms with Crippen LogP contribution in [0.5, 0.6) is 0 Å². The van der Waals surface area contributed by atoms with Crippen molar-refractivity contribution in [2.24, 2.45) is 0 Å². The van der Waals surface area contributed by atoms with Crippen LogP contribution in [-0.2, 0) is 17.6 Å². The fraction of sp³-hybridized carbons (Fsp3) is 0.217. The van der Waals surface area contributed by atoms with E-state index in [1.54, 1.807) is 6.26 Å². The standard InChI is InChI=1S/C23H22N2O3/c26-22(13-11-20-9-5-15-28-20)24-19-10-12-21-18(16-19)8-4-14-25(21)23(27)17-6-2-1-3-7-17/h1-3,5-7,9-10,12,15-16H,4,8,11,13-14H2,(H,24,26). The third kappa shape index (κ3) is 3.98. The van der Waals surface area contributed by atoms with Gasteiger partial charge in [-0.3, -0.25) is 9.59 Å². The summed E-state index contributed by atoms with van der Waals surface area (Å²) in [6, 6.07) is 18.8. The van der Waals surface area contributed by atoms with Gasteiger partial charge in [0.15, 0.2) is 0 Å². The van der Waals surface area contributed by atoms with E-state index >= 15 is 0 Å². The normalized spacial score (nSPS) is 13.1. The maximum atomic E-state index is 12.9. The molecule has 0 radical (unpaired) electrons. The predicted octanol–water partition coefficient (Wildman–Crippen LogP) is 4.44. The van der Waals surface area contributed by atoms with Crippen molar-refractivity contribution in [2.75, 3.05) is 16.8 Å². The number of furan rings is 1. The summed E-state index contributed by atoms with van der Waals surface area (Å²) >= 11 is 0. The highest BCUT2D eigenvalue weighted by molar-refractivity contribution is 6.07. The van der Waals surface area contributed by atoms with Gasteiger partial charge in [-0.15, -0.1) is 0 Å². The Bertz CT molecular complexity index is 965. The number of amides is 2. The van der Waals surface area contributed by atoms with Crippen molar-refractivity contribution in [1.82, 2.24) is 0 Å². The van der Waals surface area contributed by atoms with E-state index in [2.05, 4.69) is 5.32 Å². The van der Waals surface area contributed by atoms with Gasteiger partial charge < -0.3 is 14.6 Å². The van der Waals surface area contributed by atoms with Gasteiger partial charge in [0.25, 0.3) is 5.91 Å². The number of fused-ring (bicyclic) bond motifs is 1. The Kier molecular flexibility index (Phi) is 5.24. The van der Waals surface area contributed by atoms with Crippen molar-refractivity contribution < 1.29 is 14.0 Å². The minimum Gasteiger partial charge on any atom is -0.469 e. The number of nitrogens with zero attached hydrogens (tertiary/aromatic N) is 1. The van der Waals surface area contributed by atoms with Crippen molar-refractivity contribution in [3.8, 4) is 0 Å². The van der Waals surface area contributed by atoms with E-state index in [9.17, 15) is 9.59 Å². The van der Waals surface area contributed by atoms with Crippen molar-refractivity contribution in [3.05, 3.63) is 83.8 Å². The molecule has 4 rings (SSSR count). The average molecular weight is 374 g/mol. The molecule has 28 heavy (non-hydrogen) atoms. The summed E-state index contributed by atoms with van der Waals surface area (Å²) in [4.78, 5) is 26.9. The van der Waals surface area contributed by atoms with Gasteiger partial charge >= 0.3 is 0 Å². The average Bonchev–Trinajstić information content (AvgIpc) is 3.25. The maximum Gasteiger partial charge on any atom is 0.258 e. The van der Waals surface area contributed by atoms with Gasteiger partial charge in [0.05, 0.1) is 6.26 Å². The summed E-state index contributed by atoms with van der Waals surface area (Å²) < 4.78 is 5.26. The van der Waals surface area contributed by atoms with Gasteiger partial charge in [-0.2, -0.15) is 0 Å². The van der Waals surface area contributed by atoms with Gasteiger partial charge in [-0.05, 0) is 60.9 Å². The Hall–Kier alpha value is -3.34. The zero-order valence-corrected chi connectivity index (χ0v) is 15.6. The lowest BCUT2D eigenvalue weighted by Crippen LogP contribution is -2.35. The summed E-state index contributed by atoms with van der Waals surface area (Å²) in [7, 11) is 0. The van der Waals surface area contributed by atoms with Crippen molar-refractivity contribution in [2.45, 2.75) is 25.7 Å². The van der Waals surface area contributed by atoms with Crippen LogP contribution >= 0.6 is 0 Å². The van der Waals surface area contributed by atoms with E-state index in [0.717, 1.165) is 35.5 Å². The largest absolute Gasteiger partial charge is 0.469 e. The second-order valence-corrected chi connectivity index (χ2v) is 6.90. The molecular weight excluding hydrogens is 352 g/mol. The molecule has 0 aliphatic carbocycles. The zero-order valence-electron chi connectivity index (χ0n) is 15.6. The first-order valence-corrected chi connectivity index (χ1v) is 9.53. The van der Waals surface area contributed by atoms with Crippen LogP contribution in [0.15, 0.2) is 71.3 Å². The molecule has 0 saturated carbocycles. The zero-order chi connectivity index (χ0) is 19.3. The van der Waals surface area contributed by atoms with Gasteiger partial charge in [0.1, 0.15) is 5.76 Å². The van der Waals surface area contributed by atoms with Crippen LogP contribution in [0.3, 0.4) is 0 Å². The Morgan fingerprint density at radius 1 is 1.04 bits per heavy atom. The molecular formula is C23H22N2O3. The predicted molar refractivity (Wildman–Crippen MR) is 109 cm³/mol. The smallest absolute Gasteiger partial charge is 0.258 e. The van der Waals surface area contributed by atoms with Crippen LogP contribution in [0.4, 0.5) is 11.4 Å². The lowest BCUT2D eigenvalue weighted by Gasteiger charge is -2.30. The van der Waals surface area contributed by atoms with Crippen molar-refractivity contribution in [1.29, 1.82) is 0 Å². The number of nitrogens with one attached hydrogen (secondary N) is 1. The van der Waals surface area contributed by atoms with Crippen LogP contribution in [0.2, 0.25) is 0 Å². The Morgan fingerprint density at radius 2 is 1.89 bits per heavy atom. The molecule has 0 unspecified atom stereocenters. The molecule has 2 amide bonds. The fourth-order valence-electron chi connectivity index (χ4n) is 3.54. The van der Waals surface area contributed by atoms with Gasteiger partial charge in [0, 0.05) is 36.3 Å². The third-order valence-corrected chi connectivity index (χ3v) is 4.93. The van der Waals surface area contributed by atoms with E-state index in [1.165, 1.54) is 0 Å². The summed E-state index contributed by atoms with van der Waals surface area (Å²) in [5, 5.41) is 2.95. The number of hydrogen-bond donors (Lipinski definition) is 1. The molecule has 5 nitrogen and oxygen atoms in total. The van der Waals surface area contributed by atoms with Crippen LogP contribution in [0.1, 0.15) is 34.5 Å². The van der Waals surface area contributed by atoms with Crippen molar-refractivity contribution in [3.63, 3.8) is 0 Å². The Morgan fingerprint density at radius 3 is 2.68 bits per heavy atom. The van der Waals surface area contributed by atoms with E-state index in [4.69, 9.17) is 4.42 Å². The number of carbonyl (C=O) groups is 2. The van der Waals surface area contributed by atoms with Crippen molar-refractivity contribution >= 4 is 23.2 Å². The van der Waals surface area contributed by atoms with Crippen LogP contribution in [0, 0.1) is 0 Å². The highest BCUT2D eigenvalue weighted by atomic mass is 16.3. The van der Waals surface area contributed by atoms with E-state index in [-0.39, 0.29) is 11.8 Å². The van der Waals surface area contributed by atoms with Gasteiger partial charge in [-0.25, -0.2) is 0 Å². The molecule has 1 N–H and O–H groups in total. The van der Waals surface area contributed by atoms with E-state index in [0.29, 0.717) is 24.9 Å². The SMILES string of the molecule is O=C(CCc1ccco1)Nc1ccc2c(c1)CCCN2C(=O)c1ccccc1. The molecule has 2 heterocycles. The first-order valence-electron chi connectivity index (χ1n) is 9.53. The highest BCUT2D eigenvalue weighted by Crippen LogP contribution is 2.31. The third-order valence-electron chi connectivity index (χ3n) is 4.93. The molecule has 0 spiro atoms. The van der Waals surface area contributed by atoms with Gasteiger partial charge in [0.2, 0.25) is 5.91 Å². The highest BCUT2D eigenvalue weighted by Gasteiger charge is 2.23. The number of anilines is 2. The van der Waals surface area contributed by atoms with Crippen LogP contribution in [-0.4, -0.2) is 18.4 Å². The molecule has 3 aromatic rings. The quantitative estimate of drug-likeness (QED) is 0.718. The monoisotopic (exact) mass is 374 g/mol. The number of hydrogen-bond acceptors (Lipinski definition) is 3. The molecule has 142 valence electrons. The summed E-state index contributed by atoms with van der Waals surface area (Å²) in [6.07, 6.45) is 4.34. The lowest BCUT2D eigenvalue weighted by molar-refractivity contribution is -0.116. The fourth-order valence-corrected chi connectivity index (χ4v) is 3.54. The van der Waals surface area contributed by atoms with Crippen LogP contribution in [0.25, 0.3) is 0 Å². The molecule has 1 aromatic heterocycles. The Labute approximate surface area is 164 Å². The second kappa shape index (κ2) is 8.13. The van der Waals surface area contributed by atoms with E-state index in [1.807, 2.05) is 65.6 Å². The molecule has 1 aliphatic rings. The molecule has 1 aliphatic heterocycles. The minimum absolute atomic E-state index is 0.0109. The van der Waals surface area contributed by atoms with Crippen LogP contribution < -0.4 is 10.2 Å². The topological polar surface area (TPSA) is 62.6 Å².